The molecular formula is C28H24F4. The van der Waals surface area contributed by atoms with Crippen molar-refractivity contribution in [1.29, 1.82) is 0 Å². The number of hydrogen-bond donors (Lipinski definition) is 0. The first kappa shape index (κ1) is 23.3. The summed E-state index contributed by atoms with van der Waals surface area (Å²) in [5.74, 6) is -3.91. The van der Waals surface area contributed by atoms with E-state index >= 15 is 0 Å². The van der Waals surface area contributed by atoms with Gasteiger partial charge in [0.05, 0.1) is 0 Å². The number of hydrogen-bond acceptors (Lipinski definition) is 0. The van der Waals surface area contributed by atoms with E-state index in [0.29, 0.717) is 6.42 Å². The molecule has 0 aliphatic rings. The van der Waals surface area contributed by atoms with Gasteiger partial charge in [-0.2, -0.15) is 0 Å². The van der Waals surface area contributed by atoms with Crippen molar-refractivity contribution in [3.8, 4) is 11.1 Å². The van der Waals surface area contributed by atoms with Crippen LogP contribution >= 0.6 is 0 Å². The average molecular weight is 436 g/mol. The van der Waals surface area contributed by atoms with Crippen LogP contribution in [0.3, 0.4) is 0 Å². The van der Waals surface area contributed by atoms with Crippen LogP contribution in [-0.4, -0.2) is 0 Å². The lowest BCUT2D eigenvalue weighted by Crippen LogP contribution is -1.93. The van der Waals surface area contributed by atoms with E-state index in [4.69, 9.17) is 0 Å². The predicted molar refractivity (Wildman–Crippen MR) is 124 cm³/mol. The molecule has 0 saturated carbocycles. The highest BCUT2D eigenvalue weighted by Crippen LogP contribution is 2.33. The van der Waals surface area contributed by atoms with Crippen molar-refractivity contribution in [2.45, 2.75) is 25.7 Å². The molecule has 0 fully saturated rings. The van der Waals surface area contributed by atoms with Gasteiger partial charge in [-0.1, -0.05) is 54.6 Å². The zero-order chi connectivity index (χ0) is 23.1. The van der Waals surface area contributed by atoms with Gasteiger partial charge < -0.3 is 0 Å². The van der Waals surface area contributed by atoms with E-state index in [-0.39, 0.29) is 16.7 Å². The second-order valence-electron chi connectivity index (χ2n) is 7.49. The molecule has 0 aromatic heterocycles. The molecule has 0 atom stereocenters. The third-order valence-electron chi connectivity index (χ3n) is 5.22. The molecule has 0 aliphatic carbocycles. The molecule has 0 amide bonds. The maximum Gasteiger partial charge on any atom is 0.169 e. The minimum Gasteiger partial charge on any atom is -0.206 e. The summed E-state index contributed by atoms with van der Waals surface area (Å²) in [5.41, 5.74) is 1.72. The highest BCUT2D eigenvalue weighted by atomic mass is 19.2. The summed E-state index contributed by atoms with van der Waals surface area (Å²) < 4.78 is 58.6. The first-order valence-electron chi connectivity index (χ1n) is 10.4. The van der Waals surface area contributed by atoms with E-state index in [2.05, 4.69) is 13.2 Å². The van der Waals surface area contributed by atoms with Crippen LogP contribution < -0.4 is 0 Å². The lowest BCUT2D eigenvalue weighted by Gasteiger charge is -2.09. The average Bonchev–Trinajstić information content (AvgIpc) is 2.81. The van der Waals surface area contributed by atoms with Crippen molar-refractivity contribution in [2.24, 2.45) is 0 Å². The molecule has 0 saturated heterocycles. The van der Waals surface area contributed by atoms with Crippen molar-refractivity contribution >= 4 is 11.7 Å². The zero-order valence-electron chi connectivity index (χ0n) is 17.7. The topological polar surface area (TPSA) is 0 Å². The van der Waals surface area contributed by atoms with Crippen molar-refractivity contribution in [3.05, 3.63) is 120 Å². The van der Waals surface area contributed by atoms with Crippen molar-refractivity contribution < 1.29 is 17.6 Å². The maximum absolute atomic E-state index is 14.7. The van der Waals surface area contributed by atoms with Crippen LogP contribution in [0.25, 0.3) is 22.8 Å². The number of benzene rings is 3. The molecular weight excluding hydrogens is 412 g/mol. The maximum atomic E-state index is 14.7. The van der Waals surface area contributed by atoms with E-state index in [9.17, 15) is 17.6 Å². The Balaban J connectivity index is 1.87. The second kappa shape index (κ2) is 10.8. The van der Waals surface area contributed by atoms with Gasteiger partial charge >= 0.3 is 0 Å². The van der Waals surface area contributed by atoms with Gasteiger partial charge in [-0.15, -0.1) is 13.2 Å². The van der Waals surface area contributed by atoms with Gasteiger partial charge in [0, 0.05) is 16.7 Å². The van der Waals surface area contributed by atoms with Crippen molar-refractivity contribution in [2.75, 3.05) is 0 Å². The first-order chi connectivity index (χ1) is 15.4. The minimum atomic E-state index is -1.30. The Kier molecular flexibility index (Phi) is 7.82. The van der Waals surface area contributed by atoms with Crippen molar-refractivity contribution in [3.63, 3.8) is 0 Å². The van der Waals surface area contributed by atoms with Gasteiger partial charge in [-0.3, -0.25) is 0 Å². The van der Waals surface area contributed by atoms with Gasteiger partial charge in [0.2, 0.25) is 0 Å². The molecule has 0 unspecified atom stereocenters. The first-order valence-corrected chi connectivity index (χ1v) is 10.4. The Bertz CT molecular complexity index is 1140. The Morgan fingerprint density at radius 3 is 1.91 bits per heavy atom. The van der Waals surface area contributed by atoms with Crippen LogP contribution in [0.15, 0.2) is 86.0 Å². The Labute approximate surface area is 186 Å². The molecule has 3 aromatic carbocycles. The second-order valence-corrected chi connectivity index (χ2v) is 7.49. The molecule has 0 N–H and O–H groups in total. The molecule has 0 nitrogen and oxygen atoms in total. The molecule has 3 aromatic rings. The normalized spacial score (nSPS) is 11.8. The van der Waals surface area contributed by atoms with Crippen LogP contribution in [0.2, 0.25) is 0 Å². The fourth-order valence-electron chi connectivity index (χ4n) is 3.41. The Hall–Kier alpha value is -3.40. The summed E-state index contributed by atoms with van der Waals surface area (Å²) in [6.45, 7) is 7.30. The summed E-state index contributed by atoms with van der Waals surface area (Å²) in [6.07, 6.45) is 6.43. The van der Waals surface area contributed by atoms with E-state index < -0.39 is 28.9 Å². The van der Waals surface area contributed by atoms with Gasteiger partial charge in [-0.05, 0) is 60.6 Å². The van der Waals surface area contributed by atoms with E-state index in [1.165, 1.54) is 24.3 Å². The molecule has 0 aliphatic heterocycles. The standard InChI is InChI=1S/C28H24F4/c1-3-5-7-19-9-12-21(13-10-19)27(31)28(32)24-16-14-22(18-26(24)30)23-15-11-20(8-6-4-2)17-25(23)29/h3-4,9-18H,1-2,5-8H2/b28-27+. The lowest BCUT2D eigenvalue weighted by atomic mass is 9.99. The molecule has 0 radical (unpaired) electrons. The van der Waals surface area contributed by atoms with E-state index in [1.54, 1.807) is 36.4 Å². The molecule has 0 spiro atoms. The third kappa shape index (κ3) is 5.44. The monoisotopic (exact) mass is 436 g/mol. The smallest absolute Gasteiger partial charge is 0.169 e. The molecule has 32 heavy (non-hydrogen) atoms. The fraction of sp³-hybridized carbons (Fsp3) is 0.143. The SMILES string of the molecule is C=CCCc1ccc(/C(F)=C(\F)c2ccc(-c3ccc(CCC=C)cc3F)cc2F)cc1. The van der Waals surface area contributed by atoms with E-state index in [0.717, 1.165) is 42.5 Å². The summed E-state index contributed by atoms with van der Waals surface area (Å²) in [7, 11) is 0. The minimum absolute atomic E-state index is 0.0227. The molecule has 0 bridgehead atoms. The van der Waals surface area contributed by atoms with E-state index in [1.807, 2.05) is 0 Å². The highest BCUT2D eigenvalue weighted by Gasteiger charge is 2.17. The van der Waals surface area contributed by atoms with Gasteiger partial charge in [0.15, 0.2) is 11.7 Å². The summed E-state index contributed by atoms with van der Waals surface area (Å²) in [4.78, 5) is 0. The molecule has 164 valence electrons. The zero-order valence-corrected chi connectivity index (χ0v) is 17.7. The Morgan fingerprint density at radius 2 is 1.31 bits per heavy atom. The number of halogens is 4. The summed E-state index contributed by atoms with van der Waals surface area (Å²) in [5, 5.41) is 0. The van der Waals surface area contributed by atoms with Crippen LogP contribution in [0, 0.1) is 11.6 Å². The lowest BCUT2D eigenvalue weighted by molar-refractivity contribution is 0.610. The van der Waals surface area contributed by atoms with Gasteiger partial charge in [0.1, 0.15) is 11.6 Å². The number of allylic oxidation sites excluding steroid dienone is 2. The quantitative estimate of drug-likeness (QED) is 0.179. The van der Waals surface area contributed by atoms with Gasteiger partial charge in [0.25, 0.3) is 0 Å². The Morgan fingerprint density at radius 1 is 0.688 bits per heavy atom. The molecule has 3 rings (SSSR count). The molecule has 0 heterocycles. The van der Waals surface area contributed by atoms with Crippen LogP contribution in [0.4, 0.5) is 17.6 Å². The van der Waals surface area contributed by atoms with Crippen LogP contribution in [-0.2, 0) is 12.8 Å². The largest absolute Gasteiger partial charge is 0.206 e. The van der Waals surface area contributed by atoms with Crippen molar-refractivity contribution in [1.82, 2.24) is 0 Å². The number of aryl methyl sites for hydroxylation is 2. The van der Waals surface area contributed by atoms with Crippen LogP contribution in [0.1, 0.15) is 35.1 Å². The third-order valence-corrected chi connectivity index (χ3v) is 5.22. The number of rotatable bonds is 9. The van der Waals surface area contributed by atoms with Gasteiger partial charge in [-0.25, -0.2) is 17.6 Å². The highest BCUT2D eigenvalue weighted by molar-refractivity contribution is 5.84. The summed E-state index contributed by atoms with van der Waals surface area (Å²) >= 11 is 0. The fourth-order valence-corrected chi connectivity index (χ4v) is 3.41. The summed E-state index contributed by atoms with van der Waals surface area (Å²) in [6, 6.07) is 14.6. The van der Waals surface area contributed by atoms with Crippen LogP contribution in [0.5, 0.6) is 0 Å². The predicted octanol–water partition coefficient (Wildman–Crippen LogP) is 8.63. The molecule has 4 heteroatoms.